The lowest BCUT2D eigenvalue weighted by Crippen LogP contribution is -2.33. The summed E-state index contributed by atoms with van der Waals surface area (Å²) in [5, 5.41) is 2.75. The zero-order valence-corrected chi connectivity index (χ0v) is 17.6. The molecule has 1 heterocycles. The van der Waals surface area contributed by atoms with E-state index in [-0.39, 0.29) is 27.8 Å². The second kappa shape index (κ2) is 7.27. The van der Waals surface area contributed by atoms with Crippen molar-refractivity contribution < 1.29 is 22.8 Å². The molecule has 0 aliphatic carbocycles. The largest absolute Gasteiger partial charge is 0.322 e. The highest BCUT2D eigenvalue weighted by Gasteiger charge is 2.50. The van der Waals surface area contributed by atoms with E-state index < -0.39 is 27.3 Å². The molecular formula is C20H19ClN2O5S. The first-order chi connectivity index (χ1) is 13.4. The Bertz CT molecular complexity index is 1120. The molecule has 0 unspecified atom stereocenters. The molecule has 0 spiro atoms. The van der Waals surface area contributed by atoms with Crippen molar-refractivity contribution in [3.8, 4) is 0 Å². The molecule has 0 radical (unpaired) electrons. The van der Waals surface area contributed by atoms with E-state index in [0.29, 0.717) is 11.3 Å². The average molecular weight is 435 g/mol. The van der Waals surface area contributed by atoms with E-state index in [9.17, 15) is 22.8 Å². The van der Waals surface area contributed by atoms with Gasteiger partial charge in [-0.05, 0) is 63.2 Å². The maximum absolute atomic E-state index is 12.7. The lowest BCUT2D eigenvalue weighted by molar-refractivity contribution is -0.123. The Labute approximate surface area is 173 Å². The summed E-state index contributed by atoms with van der Waals surface area (Å²) < 4.78 is 25.7. The van der Waals surface area contributed by atoms with Crippen molar-refractivity contribution in [2.24, 2.45) is 5.41 Å². The third kappa shape index (κ3) is 4.04. The predicted octanol–water partition coefficient (Wildman–Crippen LogP) is 3.50. The molecule has 2 aromatic carbocycles. The molecule has 1 N–H and O–H groups in total. The van der Waals surface area contributed by atoms with E-state index in [1.165, 1.54) is 25.1 Å². The van der Waals surface area contributed by atoms with E-state index >= 15 is 0 Å². The lowest BCUT2D eigenvalue weighted by Gasteiger charge is -2.18. The van der Waals surface area contributed by atoms with E-state index in [4.69, 9.17) is 11.6 Å². The van der Waals surface area contributed by atoms with E-state index in [1.54, 1.807) is 38.1 Å². The van der Waals surface area contributed by atoms with Gasteiger partial charge in [-0.1, -0.05) is 11.6 Å². The smallest absolute Gasteiger partial charge is 0.257 e. The van der Waals surface area contributed by atoms with Crippen LogP contribution in [0.2, 0.25) is 5.02 Å². The number of benzene rings is 2. The summed E-state index contributed by atoms with van der Waals surface area (Å²) >= 11 is 6.14. The van der Waals surface area contributed by atoms with Crippen LogP contribution in [0.15, 0.2) is 42.5 Å². The molecule has 1 fully saturated rings. The summed E-state index contributed by atoms with van der Waals surface area (Å²) in [5.41, 5.74) is -0.0373. The van der Waals surface area contributed by atoms with Gasteiger partial charge < -0.3 is 5.32 Å². The number of halogens is 1. The monoisotopic (exact) mass is 434 g/mol. The summed E-state index contributed by atoms with van der Waals surface area (Å²) in [6.45, 7) is 4.55. The Morgan fingerprint density at radius 1 is 1.10 bits per heavy atom. The first-order valence-corrected chi connectivity index (χ1v) is 10.7. The zero-order chi connectivity index (χ0) is 21.6. The van der Waals surface area contributed by atoms with Crippen LogP contribution < -0.4 is 9.62 Å². The number of ketones is 1. The average Bonchev–Trinajstić information content (AvgIpc) is 2.79. The van der Waals surface area contributed by atoms with Gasteiger partial charge >= 0.3 is 0 Å². The predicted molar refractivity (Wildman–Crippen MR) is 111 cm³/mol. The SMILES string of the molecule is CC(=O)c1ccc(NC(=O)c2cc(N3C(=O)C(C)(C)CS3(=O)=O)ccc2Cl)cc1. The van der Waals surface area contributed by atoms with Crippen LogP contribution in [0.25, 0.3) is 0 Å². The normalized spacial score (nSPS) is 17.2. The van der Waals surface area contributed by atoms with Gasteiger partial charge in [0, 0.05) is 11.3 Å². The van der Waals surface area contributed by atoms with Crippen molar-refractivity contribution in [1.82, 2.24) is 0 Å². The Morgan fingerprint density at radius 2 is 1.72 bits per heavy atom. The summed E-state index contributed by atoms with van der Waals surface area (Å²) in [4.78, 5) is 36.6. The fourth-order valence-corrected chi connectivity index (χ4v) is 5.36. The molecule has 0 saturated carbocycles. The highest BCUT2D eigenvalue weighted by atomic mass is 35.5. The molecular weight excluding hydrogens is 416 g/mol. The van der Waals surface area contributed by atoms with Gasteiger partial charge in [-0.25, -0.2) is 12.7 Å². The van der Waals surface area contributed by atoms with Gasteiger partial charge in [-0.3, -0.25) is 14.4 Å². The summed E-state index contributed by atoms with van der Waals surface area (Å²) in [6, 6.07) is 10.3. The molecule has 7 nitrogen and oxygen atoms in total. The van der Waals surface area contributed by atoms with Crippen LogP contribution in [-0.4, -0.2) is 31.8 Å². The number of amides is 2. The second-order valence-corrected chi connectivity index (χ2v) is 9.69. The molecule has 29 heavy (non-hydrogen) atoms. The standard InChI is InChI=1S/C20H19ClN2O5S/c1-12(24)13-4-6-14(7-5-13)22-18(25)16-10-15(8-9-17(16)21)23-19(26)20(2,3)11-29(23,27)28/h4-10H,11H2,1-3H3,(H,22,25). The molecule has 2 aromatic rings. The van der Waals surface area contributed by atoms with E-state index in [0.717, 1.165) is 4.31 Å². The quantitative estimate of drug-likeness (QED) is 0.742. The Hall–Kier alpha value is -2.71. The number of sulfonamides is 1. The number of carbonyl (C=O) groups is 3. The fourth-order valence-electron chi connectivity index (χ4n) is 3.06. The zero-order valence-electron chi connectivity index (χ0n) is 16.0. The van der Waals surface area contributed by atoms with Crippen LogP contribution in [0.4, 0.5) is 11.4 Å². The number of hydrogen-bond donors (Lipinski definition) is 1. The molecule has 0 aromatic heterocycles. The van der Waals surface area contributed by atoms with Crippen LogP contribution >= 0.6 is 11.6 Å². The van der Waals surface area contributed by atoms with Gasteiger partial charge in [-0.15, -0.1) is 0 Å². The minimum Gasteiger partial charge on any atom is -0.322 e. The highest BCUT2D eigenvalue weighted by molar-refractivity contribution is 7.94. The van der Waals surface area contributed by atoms with Crippen molar-refractivity contribution >= 4 is 50.6 Å². The molecule has 2 amide bonds. The Morgan fingerprint density at radius 3 is 2.24 bits per heavy atom. The first-order valence-electron chi connectivity index (χ1n) is 8.72. The molecule has 3 rings (SSSR count). The summed E-state index contributed by atoms with van der Waals surface area (Å²) in [7, 11) is -3.85. The molecule has 1 aliphatic rings. The molecule has 152 valence electrons. The van der Waals surface area contributed by atoms with Crippen molar-refractivity contribution in [1.29, 1.82) is 0 Å². The van der Waals surface area contributed by atoms with Crippen LogP contribution in [0, 0.1) is 5.41 Å². The molecule has 9 heteroatoms. The third-order valence-corrected chi connectivity index (χ3v) is 6.91. The lowest BCUT2D eigenvalue weighted by atomic mass is 9.95. The number of hydrogen-bond acceptors (Lipinski definition) is 5. The van der Waals surface area contributed by atoms with Crippen LogP contribution in [0.3, 0.4) is 0 Å². The number of nitrogens with one attached hydrogen (secondary N) is 1. The van der Waals surface area contributed by atoms with E-state index in [2.05, 4.69) is 5.32 Å². The van der Waals surface area contributed by atoms with Crippen molar-refractivity contribution in [3.63, 3.8) is 0 Å². The number of carbonyl (C=O) groups excluding carboxylic acids is 3. The van der Waals surface area contributed by atoms with Crippen LogP contribution in [-0.2, 0) is 14.8 Å². The third-order valence-electron chi connectivity index (χ3n) is 4.56. The molecule has 0 atom stereocenters. The van der Waals surface area contributed by atoms with E-state index in [1.807, 2.05) is 0 Å². The highest BCUT2D eigenvalue weighted by Crippen LogP contribution is 2.37. The fraction of sp³-hybridized carbons (Fsp3) is 0.250. The van der Waals surface area contributed by atoms with Gasteiger partial charge in [0.2, 0.25) is 15.9 Å². The van der Waals surface area contributed by atoms with Gasteiger partial charge in [0.25, 0.3) is 5.91 Å². The summed E-state index contributed by atoms with van der Waals surface area (Å²) in [6.07, 6.45) is 0. The second-order valence-electron chi connectivity index (χ2n) is 7.46. The van der Waals surface area contributed by atoms with Crippen molar-refractivity contribution in [3.05, 3.63) is 58.6 Å². The maximum atomic E-state index is 12.7. The van der Waals surface area contributed by atoms with Crippen LogP contribution in [0.1, 0.15) is 41.5 Å². The molecule has 0 bridgehead atoms. The first kappa shape index (κ1) is 21.0. The Balaban J connectivity index is 1.92. The van der Waals surface area contributed by atoms with Gasteiger partial charge in [0.15, 0.2) is 5.78 Å². The summed E-state index contributed by atoms with van der Waals surface area (Å²) in [5.74, 6) is -1.55. The van der Waals surface area contributed by atoms with Crippen molar-refractivity contribution in [2.45, 2.75) is 20.8 Å². The maximum Gasteiger partial charge on any atom is 0.257 e. The number of anilines is 2. The minimum absolute atomic E-state index is 0.0208. The molecule has 1 saturated heterocycles. The van der Waals surface area contributed by atoms with Crippen molar-refractivity contribution in [2.75, 3.05) is 15.4 Å². The van der Waals surface area contributed by atoms with Crippen LogP contribution in [0.5, 0.6) is 0 Å². The molecule has 1 aliphatic heterocycles. The minimum atomic E-state index is -3.85. The van der Waals surface area contributed by atoms with Gasteiger partial charge in [0.05, 0.1) is 27.4 Å². The topological polar surface area (TPSA) is 101 Å². The Kier molecular flexibility index (Phi) is 5.27. The number of Topliss-reactive ketones (excluding diaryl/α,β-unsaturated/α-hetero) is 1. The number of rotatable bonds is 4. The van der Waals surface area contributed by atoms with Gasteiger partial charge in [0.1, 0.15) is 0 Å². The van der Waals surface area contributed by atoms with Gasteiger partial charge in [-0.2, -0.15) is 0 Å². The number of nitrogens with zero attached hydrogens (tertiary/aromatic N) is 1.